The number of unbranched alkanes of at least 4 members (excludes halogenated alkanes) is 3. The molecule has 0 aliphatic carbocycles. The fourth-order valence-corrected chi connectivity index (χ4v) is 6.71. The minimum atomic E-state index is -5.69. The van der Waals surface area contributed by atoms with Crippen molar-refractivity contribution in [3.8, 4) is 0 Å². The first-order valence-corrected chi connectivity index (χ1v) is 16.4. The van der Waals surface area contributed by atoms with E-state index >= 15 is 0 Å². The molecule has 1 rings (SSSR count). The molecule has 19 nitrogen and oxygen atoms in total. The Labute approximate surface area is 235 Å². The number of rotatable bonds is 18. The Kier molecular flexibility index (Phi) is 15.2. The van der Waals surface area contributed by atoms with E-state index in [1.54, 1.807) is 6.08 Å². The van der Waals surface area contributed by atoms with Gasteiger partial charge in [-0.1, -0.05) is 12.5 Å². The Morgan fingerprint density at radius 3 is 2.24 bits per heavy atom. The summed E-state index contributed by atoms with van der Waals surface area (Å²) in [6.07, 6.45) is -1.06. The molecule has 1 aliphatic heterocycles. The summed E-state index contributed by atoms with van der Waals surface area (Å²) in [5.41, 5.74) is 4.90. The molecule has 1 heterocycles. The highest BCUT2D eigenvalue weighted by Crippen LogP contribution is 2.67. The van der Waals surface area contributed by atoms with E-state index in [0.717, 1.165) is 6.42 Å². The summed E-state index contributed by atoms with van der Waals surface area (Å²) in [6.45, 7) is 5.08. The highest BCUT2D eigenvalue weighted by molar-refractivity contribution is 7.66. The van der Waals surface area contributed by atoms with Gasteiger partial charge >= 0.3 is 23.5 Å². The molecule has 1 aliphatic rings. The number of allylic oxidation sites excluding steroid dienone is 2. The van der Waals surface area contributed by atoms with Crippen LogP contribution in [-0.2, 0) is 40.9 Å². The number of carbonyl (C=O) groups is 1. The van der Waals surface area contributed by atoms with Crippen LogP contribution in [0.25, 0.3) is 0 Å². The summed E-state index contributed by atoms with van der Waals surface area (Å²) in [5, 5.41) is 32.3. The van der Waals surface area contributed by atoms with Crippen LogP contribution in [0.2, 0.25) is 0 Å². The van der Waals surface area contributed by atoms with E-state index in [2.05, 4.69) is 34.6 Å². The van der Waals surface area contributed by atoms with Crippen molar-refractivity contribution in [3.05, 3.63) is 24.0 Å². The van der Waals surface area contributed by atoms with Crippen LogP contribution in [0.1, 0.15) is 39.5 Å². The normalized spacial score (nSPS) is 25.9. The van der Waals surface area contributed by atoms with Gasteiger partial charge in [-0.2, -0.15) is 8.62 Å². The fourth-order valence-electron chi connectivity index (χ4n) is 3.16. The molecule has 0 radical (unpaired) electrons. The second-order valence-electron chi connectivity index (χ2n) is 8.29. The third-order valence-corrected chi connectivity index (χ3v) is 9.21. The quantitative estimate of drug-likeness (QED) is 0.0243. The van der Waals surface area contributed by atoms with E-state index in [1.807, 2.05) is 5.32 Å². The summed E-state index contributed by atoms with van der Waals surface area (Å²) in [5.74, 6) is -1.53. The molecule has 10 N–H and O–H groups in total. The van der Waals surface area contributed by atoms with Gasteiger partial charge in [0.15, 0.2) is 12.2 Å². The van der Waals surface area contributed by atoms with Crippen LogP contribution in [0.5, 0.6) is 0 Å². The monoisotopic (exact) mass is 651 g/mol. The van der Waals surface area contributed by atoms with Gasteiger partial charge in [-0.15, -0.1) is 6.58 Å². The molecular formula is C19H36N5O14P3. The Hall–Kier alpha value is -1.82. The molecule has 7 atom stereocenters. The first-order chi connectivity index (χ1) is 18.9. The number of nitrogens with zero attached hydrogens (tertiary/aromatic N) is 1. The van der Waals surface area contributed by atoms with Gasteiger partial charge in [0.2, 0.25) is 0 Å². The summed E-state index contributed by atoms with van der Waals surface area (Å²) in [4.78, 5) is 45.1. The number of guanidine groups is 1. The number of aliphatic hydroxyl groups excluding tert-OH is 2. The maximum atomic E-state index is 12.2. The van der Waals surface area contributed by atoms with Crippen molar-refractivity contribution in [2.75, 3.05) is 13.2 Å². The van der Waals surface area contributed by atoms with Crippen LogP contribution >= 0.6 is 23.5 Å². The molecule has 22 heteroatoms. The molecular weight excluding hydrogens is 615 g/mol. The van der Waals surface area contributed by atoms with Crippen molar-refractivity contribution in [2.45, 2.75) is 64.1 Å². The van der Waals surface area contributed by atoms with E-state index < -0.39 is 66.5 Å². The van der Waals surface area contributed by atoms with Crippen LogP contribution in [-0.4, -0.2) is 80.7 Å². The predicted octanol–water partition coefficient (Wildman–Crippen LogP) is 0.469. The van der Waals surface area contributed by atoms with E-state index in [4.69, 9.17) is 15.9 Å². The second-order valence-corrected chi connectivity index (χ2v) is 12.9. The van der Waals surface area contributed by atoms with Gasteiger partial charge in [0.1, 0.15) is 24.0 Å². The van der Waals surface area contributed by atoms with Gasteiger partial charge in [0, 0.05) is 11.9 Å². The Morgan fingerprint density at radius 2 is 1.68 bits per heavy atom. The topological polar surface area (TPSA) is 302 Å². The molecule has 0 saturated carbocycles. The number of aliphatic imine (C=N–C) groups is 1. The van der Waals surface area contributed by atoms with Gasteiger partial charge < -0.3 is 40.7 Å². The molecule has 41 heavy (non-hydrogen) atoms. The zero-order valence-corrected chi connectivity index (χ0v) is 24.9. The SMILES string of the molecule is C=CCCCCCOP(=O)(O)OP(=O)(O)OP(=O)(O)OC[C@H]1O[C@@H](N/C(C)=C(\N=C/C)C(=O)NC(=N)N)C(O)C1O. The minimum absolute atomic E-state index is 0.0154. The third kappa shape index (κ3) is 13.8. The lowest BCUT2D eigenvalue weighted by atomic mass is 10.1. The fraction of sp³-hybridized carbons (Fsp3) is 0.632. The van der Waals surface area contributed by atoms with Crippen molar-refractivity contribution in [3.63, 3.8) is 0 Å². The molecule has 5 unspecified atom stereocenters. The number of phosphoric acid groups is 3. The molecule has 236 valence electrons. The minimum Gasteiger partial charge on any atom is -0.387 e. The van der Waals surface area contributed by atoms with Crippen LogP contribution in [0.3, 0.4) is 0 Å². The number of amides is 1. The molecule has 0 spiro atoms. The average Bonchev–Trinajstić information content (AvgIpc) is 3.09. The Morgan fingerprint density at radius 1 is 1.07 bits per heavy atom. The van der Waals surface area contributed by atoms with Crippen molar-refractivity contribution < 1.29 is 65.8 Å². The average molecular weight is 651 g/mol. The highest BCUT2D eigenvalue weighted by Gasteiger charge is 2.46. The van der Waals surface area contributed by atoms with Gasteiger partial charge in [0.05, 0.1) is 13.2 Å². The van der Waals surface area contributed by atoms with Gasteiger partial charge in [0.25, 0.3) is 5.91 Å². The zero-order valence-electron chi connectivity index (χ0n) is 22.2. The largest absolute Gasteiger partial charge is 0.490 e. The van der Waals surface area contributed by atoms with Crippen LogP contribution in [0, 0.1) is 5.41 Å². The highest BCUT2D eigenvalue weighted by atomic mass is 31.3. The van der Waals surface area contributed by atoms with Crippen LogP contribution < -0.4 is 16.4 Å². The van der Waals surface area contributed by atoms with E-state index in [1.165, 1.54) is 20.1 Å². The molecule has 1 amide bonds. The molecule has 0 aromatic rings. The van der Waals surface area contributed by atoms with E-state index in [-0.39, 0.29) is 18.0 Å². The molecule has 1 fully saturated rings. The number of hydrogen-bond acceptors (Lipinski definition) is 14. The van der Waals surface area contributed by atoms with Crippen molar-refractivity contribution in [2.24, 2.45) is 10.7 Å². The number of phosphoric ester groups is 2. The van der Waals surface area contributed by atoms with Crippen molar-refractivity contribution in [1.82, 2.24) is 10.6 Å². The van der Waals surface area contributed by atoms with Gasteiger partial charge in [-0.25, -0.2) is 13.7 Å². The van der Waals surface area contributed by atoms with Crippen LogP contribution in [0.15, 0.2) is 29.0 Å². The van der Waals surface area contributed by atoms with Crippen LogP contribution in [0.4, 0.5) is 0 Å². The summed E-state index contributed by atoms with van der Waals surface area (Å²) >= 11 is 0. The summed E-state index contributed by atoms with van der Waals surface area (Å²) < 4.78 is 58.5. The number of aliphatic hydroxyl groups is 2. The number of nitrogens with two attached hydrogens (primary N) is 1. The van der Waals surface area contributed by atoms with Gasteiger partial charge in [-0.3, -0.25) is 29.6 Å². The molecule has 0 aromatic heterocycles. The first-order valence-electron chi connectivity index (χ1n) is 11.9. The first kappa shape index (κ1) is 37.2. The standard InChI is InChI=1S/C19H36N5O14P3/c1-4-6-7-8-9-10-34-39(28,29)37-41(32,33)38-40(30,31)35-11-13-15(25)16(26)18(36-13)23-12(3)14(22-5-2)17(27)24-19(20)21/h4-5,13,15-16,18,23,25-26H,1,6-11H2,2-3H3,(H,28,29)(H,30,31)(H,32,33)(H4,20,21,24,27)/b14-12-,22-5-/t13-,15?,16?,18-/m1/s1. The molecule has 1 saturated heterocycles. The number of ether oxygens (including phenoxy) is 1. The number of hydrogen-bond donors (Lipinski definition) is 9. The third-order valence-electron chi connectivity index (χ3n) is 4.92. The number of carbonyl (C=O) groups excluding carboxylic acids is 1. The maximum Gasteiger partial charge on any atom is 0.490 e. The summed E-state index contributed by atoms with van der Waals surface area (Å²) in [7, 11) is -16.4. The summed E-state index contributed by atoms with van der Waals surface area (Å²) in [6, 6.07) is 0. The predicted molar refractivity (Wildman–Crippen MR) is 143 cm³/mol. The lowest BCUT2D eigenvalue weighted by Gasteiger charge is -2.20. The molecule has 0 bridgehead atoms. The van der Waals surface area contributed by atoms with E-state index in [9.17, 15) is 43.4 Å². The second kappa shape index (κ2) is 16.7. The van der Waals surface area contributed by atoms with Crippen molar-refractivity contribution in [1.29, 1.82) is 5.41 Å². The van der Waals surface area contributed by atoms with E-state index in [0.29, 0.717) is 19.3 Å². The maximum absolute atomic E-state index is 12.2. The lowest BCUT2D eigenvalue weighted by molar-refractivity contribution is -0.116. The Bertz CT molecular complexity index is 1130. The Balaban J connectivity index is 2.75. The molecule has 0 aromatic carbocycles. The van der Waals surface area contributed by atoms with Gasteiger partial charge in [-0.05, 0) is 33.1 Å². The smallest absolute Gasteiger partial charge is 0.387 e. The zero-order chi connectivity index (χ0) is 31.4. The number of nitrogens with one attached hydrogen (secondary N) is 3. The van der Waals surface area contributed by atoms with Crippen molar-refractivity contribution >= 4 is 41.5 Å². The lowest BCUT2D eigenvalue weighted by Crippen LogP contribution is -2.42.